The summed E-state index contributed by atoms with van der Waals surface area (Å²) < 4.78 is 43.0. The number of aliphatic hydroxyl groups is 6. The molecule has 4 rings (SSSR count). The molecule has 2 bridgehead atoms. The van der Waals surface area contributed by atoms with Crippen LogP contribution in [0.4, 0.5) is 4.39 Å². The molecule has 4 fully saturated rings. The summed E-state index contributed by atoms with van der Waals surface area (Å²) in [4.78, 5) is 0. The van der Waals surface area contributed by atoms with Crippen molar-refractivity contribution in [2.45, 2.75) is 222 Å². The highest BCUT2D eigenvalue weighted by Gasteiger charge is 2.68. The molecular weight excluding hydrogens is 690 g/mol. The molecule has 1 heterocycles. The van der Waals surface area contributed by atoms with E-state index in [9.17, 15) is 39.2 Å². The van der Waals surface area contributed by atoms with Crippen LogP contribution in [0.1, 0.15) is 167 Å². The number of aliphatic hydroxyl groups excluding tert-OH is 6. The highest BCUT2D eigenvalue weighted by molar-refractivity contribution is 7.92. The number of hydrogen-bond donors (Lipinski definition) is 6. The largest absolute Gasteiger partial charge is 0.394 e. The zero-order valence-corrected chi connectivity index (χ0v) is 33.4. The van der Waals surface area contributed by atoms with Crippen LogP contribution in [0.5, 0.6) is 0 Å². The third kappa shape index (κ3) is 15.6. The Morgan fingerprint density at radius 1 is 0.769 bits per heavy atom. The lowest BCUT2D eigenvalue weighted by Gasteiger charge is -2.66. The number of rotatable bonds is 31. The van der Waals surface area contributed by atoms with Crippen molar-refractivity contribution in [1.82, 2.24) is 0 Å². The number of alkyl halides is 1. The highest BCUT2D eigenvalue weighted by atomic mass is 32.2. The van der Waals surface area contributed by atoms with Crippen LogP contribution in [-0.2, 0) is 19.2 Å². The van der Waals surface area contributed by atoms with E-state index < -0.39 is 71.0 Å². The van der Waals surface area contributed by atoms with Crippen LogP contribution in [0.2, 0.25) is 0 Å². The van der Waals surface area contributed by atoms with Crippen molar-refractivity contribution in [3.63, 3.8) is 0 Å². The summed E-state index contributed by atoms with van der Waals surface area (Å²) in [6, 6.07) is -1.09. The monoisotopic (exact) mass is 766 g/mol. The third-order valence-corrected chi connectivity index (χ3v) is 13.6. The Morgan fingerprint density at radius 3 is 1.79 bits per heavy atom. The molecule has 0 aromatic rings. The zero-order valence-electron chi connectivity index (χ0n) is 32.6. The molecule has 0 aromatic heterocycles. The summed E-state index contributed by atoms with van der Waals surface area (Å²) in [5.74, 6) is 0.337. The predicted octanol–water partition coefficient (Wildman–Crippen LogP) is 6.49. The lowest BCUT2D eigenvalue weighted by molar-refractivity contribution is -0.302. The van der Waals surface area contributed by atoms with Crippen molar-refractivity contribution in [2.24, 2.45) is 9.78 Å². The van der Waals surface area contributed by atoms with Crippen molar-refractivity contribution in [3.05, 3.63) is 0 Å². The molecule has 0 spiro atoms. The first-order valence-electron chi connectivity index (χ1n) is 21.0. The maximum Gasteiger partial charge on any atom is 0.186 e. The van der Waals surface area contributed by atoms with E-state index in [-0.39, 0.29) is 6.61 Å². The van der Waals surface area contributed by atoms with Gasteiger partial charge in [-0.15, -0.1) is 0 Å². The Kier molecular flexibility index (Phi) is 20.8. The average molecular weight is 766 g/mol. The second-order valence-corrected chi connectivity index (χ2v) is 19.4. The SMILES string of the molecule is CCCCCCCCCCCCCC[C@@H](O)[C@@H](O)[C@H](COC1OC(CO)C(O)C(O)C1O)N=S(C)(=O)CCCCCCCCCCC12CC(F)(C1)C2. The Morgan fingerprint density at radius 2 is 1.27 bits per heavy atom. The van der Waals surface area contributed by atoms with Gasteiger partial charge < -0.3 is 40.1 Å². The van der Waals surface area contributed by atoms with Gasteiger partial charge in [0.1, 0.15) is 42.2 Å². The maximum absolute atomic E-state index is 13.7. The van der Waals surface area contributed by atoms with Gasteiger partial charge in [-0.05, 0) is 43.9 Å². The number of hydrogen-bond acceptors (Lipinski definition) is 10. The Bertz CT molecular complexity index is 1070. The van der Waals surface area contributed by atoms with E-state index in [1.165, 1.54) is 77.0 Å². The molecule has 1 aliphatic heterocycles. The van der Waals surface area contributed by atoms with Crippen molar-refractivity contribution in [1.29, 1.82) is 0 Å². The molecule has 10 nitrogen and oxygen atoms in total. The number of ether oxygens (including phenoxy) is 2. The van der Waals surface area contributed by atoms with Crippen LogP contribution in [0.25, 0.3) is 0 Å². The second kappa shape index (κ2) is 23.6. The molecule has 1 saturated heterocycles. The van der Waals surface area contributed by atoms with Crippen LogP contribution in [-0.4, -0.2) is 115 Å². The number of nitrogens with zero attached hydrogens (tertiary/aromatic N) is 1. The van der Waals surface area contributed by atoms with Gasteiger partial charge in [0.25, 0.3) is 0 Å². The lowest BCUT2D eigenvalue weighted by atomic mass is 9.41. The number of halogens is 1. The Labute approximate surface area is 314 Å². The average Bonchev–Trinajstić information content (AvgIpc) is 3.09. The third-order valence-electron chi connectivity index (χ3n) is 11.8. The Hall–Kier alpha value is -0.440. The highest BCUT2D eigenvalue weighted by Crippen LogP contribution is 2.71. The molecule has 52 heavy (non-hydrogen) atoms. The maximum atomic E-state index is 13.7. The number of unbranched alkanes of at least 4 members (excludes halogenated alkanes) is 18. The van der Waals surface area contributed by atoms with E-state index in [0.29, 0.717) is 24.0 Å². The molecular formula is C40H76FNO9S. The fourth-order valence-corrected chi connectivity index (χ4v) is 10.2. The molecule has 308 valence electrons. The molecule has 0 radical (unpaired) electrons. The molecule has 6 N–H and O–H groups in total. The molecule has 6 unspecified atom stereocenters. The van der Waals surface area contributed by atoms with Gasteiger partial charge in [-0.25, -0.2) is 8.75 Å². The van der Waals surface area contributed by atoms with Gasteiger partial charge in [0.2, 0.25) is 0 Å². The standard InChI is InChI=1S/C40H76FNO9S/c1-3-4-5-6-7-8-9-10-11-14-17-20-23-32(44)34(45)31(27-50-38-37(48)36(47)35(46)33(26-43)51-38)42-52(2,49)25-22-19-16-13-12-15-18-21-24-39-28-40(41,29-39)30-39/h31-38,43-48H,3-30H2,1-2H3/t31-,32+,33?,34-,35?,36?,37?,38?,39?,40?,52?/m0/s1. The second-order valence-electron chi connectivity index (χ2n) is 16.9. The molecule has 0 amide bonds. The van der Waals surface area contributed by atoms with Gasteiger partial charge in [-0.1, -0.05) is 129 Å². The fraction of sp³-hybridized carbons (Fsp3) is 1.00. The van der Waals surface area contributed by atoms with Gasteiger partial charge >= 0.3 is 0 Å². The first-order valence-corrected chi connectivity index (χ1v) is 23.1. The van der Waals surface area contributed by atoms with Crippen molar-refractivity contribution < 1.29 is 48.7 Å². The summed E-state index contributed by atoms with van der Waals surface area (Å²) in [7, 11) is -2.76. The summed E-state index contributed by atoms with van der Waals surface area (Å²) in [5, 5.41) is 62.4. The molecule has 9 atom stereocenters. The molecule has 12 heteroatoms. The minimum atomic E-state index is -2.76. The van der Waals surface area contributed by atoms with Crippen LogP contribution in [0.3, 0.4) is 0 Å². The van der Waals surface area contributed by atoms with Crippen LogP contribution in [0.15, 0.2) is 4.36 Å². The minimum absolute atomic E-state index is 0.337. The van der Waals surface area contributed by atoms with Gasteiger partial charge in [0.15, 0.2) is 6.29 Å². The van der Waals surface area contributed by atoms with E-state index in [1.807, 2.05) is 0 Å². The van der Waals surface area contributed by atoms with E-state index in [2.05, 4.69) is 11.3 Å². The van der Waals surface area contributed by atoms with Crippen LogP contribution in [0, 0.1) is 5.41 Å². The summed E-state index contributed by atoms with van der Waals surface area (Å²) in [6.45, 7) is 1.28. The van der Waals surface area contributed by atoms with Crippen LogP contribution >= 0.6 is 0 Å². The zero-order chi connectivity index (χ0) is 38.0. The van der Waals surface area contributed by atoms with Gasteiger partial charge in [0, 0.05) is 21.7 Å². The fourth-order valence-electron chi connectivity index (χ4n) is 8.61. The lowest BCUT2D eigenvalue weighted by Crippen LogP contribution is -2.64. The van der Waals surface area contributed by atoms with E-state index in [4.69, 9.17) is 9.47 Å². The van der Waals surface area contributed by atoms with E-state index >= 15 is 0 Å². The smallest absolute Gasteiger partial charge is 0.186 e. The van der Waals surface area contributed by atoms with Crippen LogP contribution < -0.4 is 0 Å². The molecule has 0 aromatic carbocycles. The Balaban J connectivity index is 1.40. The molecule has 4 aliphatic rings. The molecule has 3 saturated carbocycles. The first-order chi connectivity index (χ1) is 24.8. The van der Waals surface area contributed by atoms with Crippen molar-refractivity contribution in [3.8, 4) is 0 Å². The summed E-state index contributed by atoms with van der Waals surface area (Å²) in [6.07, 6.45) is 18.3. The van der Waals surface area contributed by atoms with E-state index in [1.54, 1.807) is 6.26 Å². The quantitative estimate of drug-likeness (QED) is 0.0433. The summed E-state index contributed by atoms with van der Waals surface area (Å²) >= 11 is 0. The van der Waals surface area contributed by atoms with Gasteiger partial charge in [-0.2, -0.15) is 0 Å². The van der Waals surface area contributed by atoms with Gasteiger partial charge in [0.05, 0.1) is 19.3 Å². The normalized spacial score (nSPS) is 31.3. The first kappa shape index (κ1) is 45.9. The molecule has 3 aliphatic carbocycles. The van der Waals surface area contributed by atoms with Crippen molar-refractivity contribution in [2.75, 3.05) is 25.2 Å². The van der Waals surface area contributed by atoms with E-state index in [0.717, 1.165) is 70.6 Å². The topological polar surface area (TPSA) is 169 Å². The minimum Gasteiger partial charge on any atom is -0.394 e. The van der Waals surface area contributed by atoms with Gasteiger partial charge in [-0.3, -0.25) is 4.21 Å². The predicted molar refractivity (Wildman–Crippen MR) is 204 cm³/mol. The summed E-state index contributed by atoms with van der Waals surface area (Å²) in [5.41, 5.74) is -0.455. The van der Waals surface area contributed by atoms with Crippen molar-refractivity contribution >= 4 is 9.73 Å².